The number of rotatable bonds is 30. The van der Waals surface area contributed by atoms with Crippen molar-refractivity contribution in [1.29, 1.82) is 0 Å². The molecular formula is C57H75N5O11S. The van der Waals surface area contributed by atoms with Crippen LogP contribution in [0.15, 0.2) is 113 Å². The summed E-state index contributed by atoms with van der Waals surface area (Å²) in [6.07, 6.45) is 20.5. The van der Waals surface area contributed by atoms with Gasteiger partial charge in [-0.1, -0.05) is 113 Å². The largest absolute Gasteiger partial charge is 0.460 e. The van der Waals surface area contributed by atoms with Crippen LogP contribution in [0.4, 0.5) is 10.5 Å². The predicted molar refractivity (Wildman–Crippen MR) is 285 cm³/mol. The summed E-state index contributed by atoms with van der Waals surface area (Å²) in [7, 11) is -2.86. The molecule has 6 unspecified atom stereocenters. The number of fused-ring (bicyclic) bond motifs is 3. The first-order valence-corrected chi connectivity index (χ1v) is 28.1. The number of nitro benzene ring substituents is 1. The fourth-order valence-electron chi connectivity index (χ4n) is 11.2. The number of likely N-dealkylation sites (N-methyl/N-ethyl adjacent to an activating group) is 1. The van der Waals surface area contributed by atoms with Crippen LogP contribution in [-0.2, 0) is 26.2 Å². The summed E-state index contributed by atoms with van der Waals surface area (Å²) in [5, 5.41) is 39.9. The van der Waals surface area contributed by atoms with Gasteiger partial charge in [0.15, 0.2) is 0 Å². The van der Waals surface area contributed by atoms with E-state index in [0.29, 0.717) is 78.7 Å². The van der Waals surface area contributed by atoms with Crippen molar-refractivity contribution < 1.29 is 47.4 Å². The monoisotopic (exact) mass is 1040 g/mol. The highest BCUT2D eigenvalue weighted by molar-refractivity contribution is 7.89. The molecule has 2 heterocycles. The predicted octanol–water partition coefficient (Wildman–Crippen LogP) is 11.3. The third-order valence-corrected chi connectivity index (χ3v) is 16.8. The number of amides is 1. The number of carbonyl (C=O) groups is 1. The molecule has 1 saturated carbocycles. The number of nitrogens with one attached hydrogen (secondary N) is 1. The number of nitrogens with zero attached hydrogens (tertiary/aromatic N) is 4. The number of ether oxygens (including phenoxy) is 3. The Morgan fingerprint density at radius 2 is 1.65 bits per heavy atom. The molecule has 1 amide bonds. The van der Waals surface area contributed by atoms with Gasteiger partial charge in [-0.2, -0.15) is 4.31 Å². The van der Waals surface area contributed by atoms with Crippen LogP contribution in [-0.4, -0.2) is 89.9 Å². The smallest absolute Gasteiger partial charge is 0.412 e. The van der Waals surface area contributed by atoms with Crippen LogP contribution in [0.2, 0.25) is 0 Å². The zero-order valence-electron chi connectivity index (χ0n) is 43.1. The maximum absolute atomic E-state index is 15.3. The molecule has 0 saturated heterocycles. The normalized spacial score (nSPS) is 21.6. The number of non-ortho nitro benzene ring substituents is 1. The lowest BCUT2D eigenvalue weighted by Crippen LogP contribution is -2.69. The quantitative estimate of drug-likeness (QED) is 0.0193. The molecule has 3 aromatic carbocycles. The van der Waals surface area contributed by atoms with Gasteiger partial charge in [0, 0.05) is 68.4 Å². The van der Waals surface area contributed by atoms with E-state index < -0.39 is 44.7 Å². The Balaban J connectivity index is 1.29. The summed E-state index contributed by atoms with van der Waals surface area (Å²) >= 11 is 0. The van der Waals surface area contributed by atoms with Crippen LogP contribution in [0.1, 0.15) is 133 Å². The first-order valence-electron chi connectivity index (χ1n) is 26.7. The standard InChI is InChI=1S/C57H75N5O11S/c1-4-6-7-8-9-10-11-12-13-16-32-59-56(65)72-45-30-31-50-48(38-45)53-46(24-15-18-35-64)43(21-14-17-34-63)37-47-49(60-71-40-41-26-28-44(29-27-41)62(66)67)39-52(57(73-50,54(47)53)70-36-5-2)61(3)74(68,69)51-25-19-22-42-23-20-33-58-55(42)51/h5,19-20,22-23,25-31,33,37-38,43,46,52-54,63-64H,2,4,6-18,21,24,32,34-36,39-40H2,1,3H3,(H,59,65). The lowest BCUT2D eigenvalue weighted by molar-refractivity contribution is -0.384. The topological polar surface area (TPSA) is 212 Å². The van der Waals surface area contributed by atoms with Crippen molar-refractivity contribution in [3.05, 3.63) is 125 Å². The van der Waals surface area contributed by atoms with Gasteiger partial charge in [-0.3, -0.25) is 15.1 Å². The van der Waals surface area contributed by atoms with Crippen molar-refractivity contribution in [1.82, 2.24) is 14.6 Å². The molecule has 2 aliphatic carbocycles. The van der Waals surface area contributed by atoms with Crippen molar-refractivity contribution in [2.45, 2.75) is 145 Å². The average molecular weight is 1040 g/mol. The average Bonchev–Trinajstić information content (AvgIpc) is 3.45. The number of allylic oxidation sites excluding steroid dienone is 1. The van der Waals surface area contributed by atoms with E-state index in [4.69, 9.17) is 24.2 Å². The Kier molecular flexibility index (Phi) is 20.6. The molecule has 4 aromatic rings. The highest BCUT2D eigenvalue weighted by atomic mass is 32.2. The van der Waals surface area contributed by atoms with Crippen LogP contribution in [0.3, 0.4) is 0 Å². The summed E-state index contributed by atoms with van der Waals surface area (Å²) in [4.78, 5) is 35.0. The number of carbonyl (C=O) groups excluding carboxylic acids is 1. The molecule has 16 nitrogen and oxygen atoms in total. The van der Waals surface area contributed by atoms with Crippen LogP contribution >= 0.6 is 0 Å². The van der Waals surface area contributed by atoms with E-state index in [-0.39, 0.29) is 55.3 Å². The number of benzene rings is 3. The molecule has 7 rings (SSSR count). The molecule has 0 bridgehead atoms. The molecule has 17 heteroatoms. The van der Waals surface area contributed by atoms with E-state index in [1.54, 1.807) is 54.7 Å². The Morgan fingerprint density at radius 3 is 2.35 bits per heavy atom. The van der Waals surface area contributed by atoms with E-state index in [9.17, 15) is 25.1 Å². The van der Waals surface area contributed by atoms with Gasteiger partial charge >= 0.3 is 6.09 Å². The second kappa shape index (κ2) is 27.2. The van der Waals surface area contributed by atoms with Crippen LogP contribution in [0.5, 0.6) is 11.5 Å². The molecule has 1 aromatic heterocycles. The van der Waals surface area contributed by atoms with Gasteiger partial charge in [0.1, 0.15) is 23.0 Å². The SMILES string of the molecule is C=CCOC12Oc3ccc(OC(=O)NCCCCCCCCCCCC)cc3C3C(CCCCO)C(CCCCO)C=C(C(=NOCc4ccc([N+](=O)[O-])cc4)CC1N(C)S(=O)(=O)c1cccc4cccnc14)C32. The fraction of sp³-hybridized carbons (Fsp3) is 0.526. The second-order valence-corrected chi connectivity index (χ2v) is 21.8. The molecule has 1 aliphatic heterocycles. The Hall–Kier alpha value is -5.72. The van der Waals surface area contributed by atoms with Gasteiger partial charge in [-0.15, -0.1) is 6.58 Å². The third kappa shape index (κ3) is 13.4. The summed E-state index contributed by atoms with van der Waals surface area (Å²) in [6.45, 7) is 6.69. The van der Waals surface area contributed by atoms with Gasteiger partial charge in [0.2, 0.25) is 15.8 Å². The molecule has 3 N–H and O–H groups in total. The summed E-state index contributed by atoms with van der Waals surface area (Å²) < 4.78 is 52.2. The van der Waals surface area contributed by atoms with E-state index in [0.717, 1.165) is 30.4 Å². The highest BCUT2D eigenvalue weighted by Gasteiger charge is 2.66. The number of aromatic nitrogens is 1. The first-order chi connectivity index (χ1) is 36.0. The number of sulfonamides is 1. The number of unbranched alkanes of at least 4 members (excludes halogenated alkanes) is 11. The maximum atomic E-state index is 15.3. The highest BCUT2D eigenvalue weighted by Crippen LogP contribution is 2.62. The van der Waals surface area contributed by atoms with Gasteiger partial charge in [0.05, 0.1) is 34.7 Å². The van der Waals surface area contributed by atoms with Gasteiger partial charge in [-0.05, 0) is 97.5 Å². The Bertz CT molecular complexity index is 2680. The summed E-state index contributed by atoms with van der Waals surface area (Å²) in [5.41, 5.74) is 2.84. The summed E-state index contributed by atoms with van der Waals surface area (Å²) in [6, 6.07) is 18.8. The second-order valence-electron chi connectivity index (χ2n) is 19.8. The van der Waals surface area contributed by atoms with E-state index >= 15 is 8.42 Å². The van der Waals surface area contributed by atoms with Crippen molar-refractivity contribution in [3.8, 4) is 11.5 Å². The van der Waals surface area contributed by atoms with E-state index in [2.05, 4.69) is 29.9 Å². The number of aliphatic hydroxyl groups excluding tert-OH is 2. The van der Waals surface area contributed by atoms with Crippen molar-refractivity contribution in [2.24, 2.45) is 22.9 Å². The molecule has 3 aliphatic rings. The molecular weight excluding hydrogens is 963 g/mol. The lowest BCUT2D eigenvalue weighted by Gasteiger charge is -2.59. The molecule has 1 fully saturated rings. The number of hydrogen-bond donors (Lipinski definition) is 3. The minimum Gasteiger partial charge on any atom is -0.460 e. The molecule has 6 atom stereocenters. The first kappa shape index (κ1) is 56.0. The molecule has 400 valence electrons. The fourth-order valence-corrected chi connectivity index (χ4v) is 12.8. The number of nitro groups is 1. The Labute approximate surface area is 436 Å². The minimum absolute atomic E-state index is 0.00156. The zero-order valence-corrected chi connectivity index (χ0v) is 43.9. The Morgan fingerprint density at radius 1 is 0.946 bits per heavy atom. The maximum Gasteiger partial charge on any atom is 0.412 e. The van der Waals surface area contributed by atoms with Crippen molar-refractivity contribution in [2.75, 3.05) is 33.4 Å². The number of oxime groups is 1. The van der Waals surface area contributed by atoms with Crippen LogP contribution in [0, 0.1) is 27.9 Å². The van der Waals surface area contributed by atoms with Gasteiger partial charge in [0.25, 0.3) is 5.69 Å². The van der Waals surface area contributed by atoms with Crippen LogP contribution < -0.4 is 14.8 Å². The number of pyridine rings is 1. The van der Waals surface area contributed by atoms with Crippen molar-refractivity contribution >= 4 is 38.4 Å². The minimum atomic E-state index is -4.38. The number of hydrogen-bond acceptors (Lipinski definition) is 13. The van der Waals surface area contributed by atoms with Gasteiger partial charge < -0.3 is 34.6 Å². The van der Waals surface area contributed by atoms with Gasteiger partial charge in [-0.25, -0.2) is 13.2 Å². The molecule has 74 heavy (non-hydrogen) atoms. The number of para-hydroxylation sites is 1. The van der Waals surface area contributed by atoms with E-state index in [1.807, 2.05) is 18.2 Å². The van der Waals surface area contributed by atoms with E-state index in [1.165, 1.54) is 68.4 Å². The summed E-state index contributed by atoms with van der Waals surface area (Å²) in [5.74, 6) is -2.35. The zero-order chi connectivity index (χ0) is 52.5. The molecule has 0 radical (unpaired) electrons. The third-order valence-electron chi connectivity index (χ3n) is 14.9. The lowest BCUT2D eigenvalue weighted by atomic mass is 9.55. The molecule has 0 spiro atoms. The van der Waals surface area contributed by atoms with Crippen molar-refractivity contribution in [3.63, 3.8) is 0 Å². The van der Waals surface area contributed by atoms with Crippen LogP contribution in [0.25, 0.3) is 10.9 Å². The number of aliphatic hydroxyl groups is 2.